The molecule has 278 valence electrons. The number of carbonyl (C=O) groups excluding carboxylic acids is 4. The van der Waals surface area contributed by atoms with E-state index in [0.29, 0.717) is 5.56 Å². The lowest BCUT2D eigenvalue weighted by molar-refractivity contribution is -0.173. The van der Waals surface area contributed by atoms with Gasteiger partial charge in [-0.15, -0.1) is 0 Å². The fourth-order valence-electron chi connectivity index (χ4n) is 5.56. The van der Waals surface area contributed by atoms with Gasteiger partial charge in [-0.1, -0.05) is 110 Å². The molecule has 2 rings (SSSR count). The molecule has 0 aliphatic rings. The van der Waals surface area contributed by atoms with Crippen LogP contribution in [0.3, 0.4) is 0 Å². The van der Waals surface area contributed by atoms with Gasteiger partial charge in [0.05, 0.1) is 30.9 Å². The number of nitrogens with one attached hydrogen (secondary N) is 2. The summed E-state index contributed by atoms with van der Waals surface area (Å²) in [5.74, 6) is -5.45. The second-order valence-corrected chi connectivity index (χ2v) is 15.5. The van der Waals surface area contributed by atoms with Crippen molar-refractivity contribution >= 4 is 31.4 Å². The van der Waals surface area contributed by atoms with Gasteiger partial charge < -0.3 is 29.3 Å². The maximum Gasteiger partial charge on any atom is 0.353 e. The van der Waals surface area contributed by atoms with Crippen LogP contribution in [0.5, 0.6) is 0 Å². The first kappa shape index (κ1) is 42.6. The van der Waals surface area contributed by atoms with E-state index >= 15 is 0 Å². The zero-order valence-corrected chi connectivity index (χ0v) is 31.6. The molecule has 0 spiro atoms. The second kappa shape index (κ2) is 19.2. The third kappa shape index (κ3) is 11.5. The molecule has 50 heavy (non-hydrogen) atoms. The summed E-state index contributed by atoms with van der Waals surface area (Å²) in [5.41, 5.74) is 2.54. The van der Waals surface area contributed by atoms with E-state index < -0.39 is 78.6 Å². The molecule has 2 aromatic carbocycles. The molecule has 1 amide bonds. The highest BCUT2D eigenvalue weighted by atomic mass is 31.2. The van der Waals surface area contributed by atoms with Gasteiger partial charge >= 0.3 is 25.5 Å². The van der Waals surface area contributed by atoms with Crippen LogP contribution in [0.4, 0.5) is 0 Å². The zero-order valence-electron chi connectivity index (χ0n) is 30.7. The fraction of sp³-hybridized carbons (Fsp3) is 0.568. The Hall–Kier alpha value is -3.57. The Morgan fingerprint density at radius 1 is 0.760 bits per heavy atom. The number of rotatable bonds is 19. The summed E-state index contributed by atoms with van der Waals surface area (Å²) in [6, 6.07) is 15.6. The van der Waals surface area contributed by atoms with E-state index in [1.807, 2.05) is 42.5 Å². The lowest BCUT2D eigenvalue weighted by Gasteiger charge is -2.49. The van der Waals surface area contributed by atoms with Crippen LogP contribution in [0, 0.1) is 23.7 Å². The van der Waals surface area contributed by atoms with Crippen molar-refractivity contribution in [2.24, 2.45) is 23.7 Å². The van der Waals surface area contributed by atoms with E-state index in [1.165, 1.54) is 0 Å². The van der Waals surface area contributed by atoms with E-state index in [1.54, 1.807) is 74.4 Å². The van der Waals surface area contributed by atoms with Gasteiger partial charge in [0.15, 0.2) is 5.28 Å². The Morgan fingerprint density at radius 3 is 1.66 bits per heavy atom. The summed E-state index contributed by atoms with van der Waals surface area (Å²) in [7, 11) is -5.52. The number of ether oxygens (including phenoxy) is 3. The topological polar surface area (TPSA) is 178 Å². The largest absolute Gasteiger partial charge is 0.466 e. The lowest BCUT2D eigenvalue weighted by Crippen LogP contribution is -2.70. The standard InChI is InChI=1S/C37H55N2O10P/c1-10-47-31(40)20-21-38-34(41)30(22-27-16-18-29(19-17-27)28-14-12-11-13-15-28)39-37(50(44,45)46,32(23(2)3)48-35(42)25(6)7)33(24(4)5)49-36(43)26(8)9/h11-19,23-26,30,32-33,39H,10,20-22H2,1-9H3,(H,38,41)(H2,44,45,46). The molecule has 0 saturated heterocycles. The Bertz CT molecular complexity index is 1420. The van der Waals surface area contributed by atoms with E-state index in [9.17, 15) is 33.5 Å². The zero-order chi connectivity index (χ0) is 37.8. The van der Waals surface area contributed by atoms with E-state index in [4.69, 9.17) is 14.2 Å². The Labute approximate surface area is 296 Å². The molecule has 0 bridgehead atoms. The van der Waals surface area contributed by atoms with Crippen molar-refractivity contribution in [1.82, 2.24) is 10.6 Å². The highest BCUT2D eigenvalue weighted by Crippen LogP contribution is 2.57. The molecular formula is C37H55N2O10P. The molecule has 0 saturated carbocycles. The molecule has 3 atom stereocenters. The van der Waals surface area contributed by atoms with Crippen LogP contribution in [0.25, 0.3) is 11.1 Å². The highest BCUT2D eigenvalue weighted by Gasteiger charge is 2.64. The second-order valence-electron chi connectivity index (χ2n) is 13.7. The van der Waals surface area contributed by atoms with Gasteiger partial charge in [-0.2, -0.15) is 0 Å². The van der Waals surface area contributed by atoms with Crippen molar-refractivity contribution in [3.8, 4) is 11.1 Å². The molecule has 0 aromatic heterocycles. The fourth-order valence-corrected chi connectivity index (χ4v) is 7.25. The maximum absolute atomic E-state index is 14.1. The summed E-state index contributed by atoms with van der Waals surface area (Å²) >= 11 is 0. The molecule has 0 radical (unpaired) electrons. The van der Waals surface area contributed by atoms with Crippen LogP contribution in [0.1, 0.15) is 74.3 Å². The van der Waals surface area contributed by atoms with Crippen molar-refractivity contribution in [3.63, 3.8) is 0 Å². The van der Waals surface area contributed by atoms with Crippen LogP contribution in [0.2, 0.25) is 0 Å². The van der Waals surface area contributed by atoms with Crippen LogP contribution >= 0.6 is 7.60 Å². The first-order valence-electron chi connectivity index (χ1n) is 17.2. The van der Waals surface area contributed by atoms with Gasteiger partial charge in [0.1, 0.15) is 12.2 Å². The third-order valence-corrected chi connectivity index (χ3v) is 9.75. The SMILES string of the molecule is CCOC(=O)CCNC(=O)C(Cc1ccc(-c2ccccc2)cc1)NC(C(OC(=O)C(C)C)C(C)C)(C(OC(=O)C(C)C)C(C)C)P(=O)(O)O. The molecule has 0 heterocycles. The number of esters is 3. The number of hydrogen-bond donors (Lipinski definition) is 4. The van der Waals surface area contributed by atoms with Gasteiger partial charge in [0, 0.05) is 6.54 Å². The van der Waals surface area contributed by atoms with Gasteiger partial charge in [0.25, 0.3) is 0 Å². The van der Waals surface area contributed by atoms with Gasteiger partial charge in [0.2, 0.25) is 5.91 Å². The Balaban J connectivity index is 2.80. The average molecular weight is 719 g/mol. The van der Waals surface area contributed by atoms with Gasteiger partial charge in [-0.05, 0) is 41.9 Å². The van der Waals surface area contributed by atoms with E-state index in [0.717, 1.165) is 11.1 Å². The molecular weight excluding hydrogens is 663 g/mol. The van der Waals surface area contributed by atoms with E-state index in [-0.39, 0.29) is 26.0 Å². The molecule has 12 nitrogen and oxygen atoms in total. The summed E-state index contributed by atoms with van der Waals surface area (Å²) < 4.78 is 30.9. The number of amides is 1. The van der Waals surface area contributed by atoms with Crippen LogP contribution in [-0.4, -0.2) is 70.3 Å². The van der Waals surface area contributed by atoms with Crippen LogP contribution in [0.15, 0.2) is 54.6 Å². The lowest BCUT2D eigenvalue weighted by atomic mass is 9.87. The minimum Gasteiger partial charge on any atom is -0.466 e. The first-order valence-corrected chi connectivity index (χ1v) is 18.8. The quantitative estimate of drug-likeness (QED) is 0.0848. The number of hydrogen-bond acceptors (Lipinski definition) is 9. The molecule has 2 aromatic rings. The third-order valence-electron chi connectivity index (χ3n) is 8.15. The minimum absolute atomic E-state index is 0.0755. The summed E-state index contributed by atoms with van der Waals surface area (Å²) in [6.07, 6.45) is -3.35. The normalized spacial score (nSPS) is 14.9. The van der Waals surface area contributed by atoms with Crippen molar-refractivity contribution in [2.75, 3.05) is 13.2 Å². The number of benzene rings is 2. The monoisotopic (exact) mass is 718 g/mol. The van der Waals surface area contributed by atoms with Crippen molar-refractivity contribution in [3.05, 3.63) is 60.2 Å². The molecule has 13 heteroatoms. The smallest absolute Gasteiger partial charge is 0.353 e. The number of carbonyl (C=O) groups is 4. The van der Waals surface area contributed by atoms with Crippen LogP contribution in [-0.2, 0) is 44.4 Å². The van der Waals surface area contributed by atoms with Gasteiger partial charge in [-0.3, -0.25) is 29.1 Å². The Morgan fingerprint density at radius 2 is 1.24 bits per heavy atom. The molecule has 4 N–H and O–H groups in total. The summed E-state index contributed by atoms with van der Waals surface area (Å²) in [4.78, 5) is 75.2. The minimum atomic E-state index is -5.52. The molecule has 0 aliphatic heterocycles. The highest BCUT2D eigenvalue weighted by molar-refractivity contribution is 7.53. The summed E-state index contributed by atoms with van der Waals surface area (Å²) in [5, 5.41) is 3.07. The average Bonchev–Trinajstić information content (AvgIpc) is 3.04. The predicted molar refractivity (Wildman–Crippen MR) is 191 cm³/mol. The van der Waals surface area contributed by atoms with Crippen molar-refractivity contribution < 1.29 is 47.7 Å². The molecule has 0 aliphatic carbocycles. The van der Waals surface area contributed by atoms with E-state index in [2.05, 4.69) is 10.6 Å². The van der Waals surface area contributed by atoms with Crippen LogP contribution < -0.4 is 10.6 Å². The molecule has 3 unspecified atom stereocenters. The predicted octanol–water partition coefficient (Wildman–Crippen LogP) is 5.25. The van der Waals surface area contributed by atoms with Gasteiger partial charge in [-0.25, -0.2) is 0 Å². The molecule has 0 fully saturated rings. The first-order chi connectivity index (χ1) is 23.3. The Kier molecular flexibility index (Phi) is 16.3. The maximum atomic E-state index is 14.1. The van der Waals surface area contributed by atoms with Crippen molar-refractivity contribution in [2.45, 2.75) is 98.7 Å². The van der Waals surface area contributed by atoms with Crippen molar-refractivity contribution in [1.29, 1.82) is 0 Å². The summed E-state index contributed by atoms with van der Waals surface area (Å²) in [6.45, 7) is 14.6.